The summed E-state index contributed by atoms with van der Waals surface area (Å²) < 4.78 is 4.70. The summed E-state index contributed by atoms with van der Waals surface area (Å²) in [4.78, 5) is 25.8. The molecule has 0 aromatic heterocycles. The summed E-state index contributed by atoms with van der Waals surface area (Å²) in [5.74, 6) is 0.0453. The van der Waals surface area contributed by atoms with Gasteiger partial charge < -0.3 is 10.1 Å². The second-order valence-electron chi connectivity index (χ2n) is 6.03. The lowest BCUT2D eigenvalue weighted by atomic mass is 9.95. The number of hydrogen-bond acceptors (Lipinski definition) is 4. The fraction of sp³-hybridized carbons (Fsp3) is 0.556. The quantitative estimate of drug-likeness (QED) is 0.817. The van der Waals surface area contributed by atoms with Gasteiger partial charge in [0, 0.05) is 19.0 Å². The molecule has 5 heteroatoms. The fourth-order valence-electron chi connectivity index (χ4n) is 2.87. The van der Waals surface area contributed by atoms with E-state index in [0.717, 1.165) is 45.4 Å². The van der Waals surface area contributed by atoms with Gasteiger partial charge in [0.1, 0.15) is 0 Å². The molecule has 1 saturated heterocycles. The van der Waals surface area contributed by atoms with E-state index >= 15 is 0 Å². The van der Waals surface area contributed by atoms with E-state index in [0.29, 0.717) is 5.56 Å². The maximum Gasteiger partial charge on any atom is 0.337 e. The lowest BCUT2D eigenvalue weighted by Gasteiger charge is -2.31. The Bertz CT molecular complexity index is 520. The van der Waals surface area contributed by atoms with Crippen molar-refractivity contribution >= 4 is 11.9 Å². The standard InChI is InChI=1S/C18H26N2O3/c1-3-10-19-17(21)15-8-11-20(12-9-15)13-14-4-6-16(7-5-14)18(22)23-2/h4-7,15H,3,8-13H2,1-2H3,(H,19,21). The van der Waals surface area contributed by atoms with E-state index < -0.39 is 0 Å². The van der Waals surface area contributed by atoms with E-state index in [9.17, 15) is 9.59 Å². The Hall–Kier alpha value is -1.88. The van der Waals surface area contributed by atoms with Crippen LogP contribution in [0.25, 0.3) is 0 Å². The molecule has 1 amide bonds. The van der Waals surface area contributed by atoms with Crippen LogP contribution in [0.4, 0.5) is 0 Å². The molecule has 0 unspecified atom stereocenters. The predicted octanol–water partition coefficient (Wildman–Crippen LogP) is 2.21. The van der Waals surface area contributed by atoms with Crippen molar-refractivity contribution in [3.8, 4) is 0 Å². The topological polar surface area (TPSA) is 58.6 Å². The molecule has 1 aromatic carbocycles. The van der Waals surface area contributed by atoms with Gasteiger partial charge in [0.05, 0.1) is 12.7 Å². The zero-order valence-electron chi connectivity index (χ0n) is 14.0. The van der Waals surface area contributed by atoms with Gasteiger partial charge in [-0.2, -0.15) is 0 Å². The SMILES string of the molecule is CCCNC(=O)C1CCN(Cc2ccc(C(=O)OC)cc2)CC1. The van der Waals surface area contributed by atoms with Gasteiger partial charge in [0.25, 0.3) is 0 Å². The van der Waals surface area contributed by atoms with E-state index in [1.807, 2.05) is 12.1 Å². The Kier molecular flexibility index (Phi) is 6.59. The highest BCUT2D eigenvalue weighted by molar-refractivity contribution is 5.89. The van der Waals surface area contributed by atoms with E-state index in [1.54, 1.807) is 12.1 Å². The van der Waals surface area contributed by atoms with Crippen LogP contribution in [0.2, 0.25) is 0 Å². The molecule has 0 saturated carbocycles. The average molecular weight is 318 g/mol. The average Bonchev–Trinajstić information content (AvgIpc) is 2.60. The molecule has 2 rings (SSSR count). The van der Waals surface area contributed by atoms with Gasteiger partial charge in [-0.3, -0.25) is 9.69 Å². The number of carbonyl (C=O) groups excluding carboxylic acids is 2. The highest BCUT2D eigenvalue weighted by Gasteiger charge is 2.24. The summed E-state index contributed by atoms with van der Waals surface area (Å²) in [5, 5.41) is 2.99. The monoisotopic (exact) mass is 318 g/mol. The number of amides is 1. The Balaban J connectivity index is 1.80. The number of carbonyl (C=O) groups is 2. The zero-order valence-corrected chi connectivity index (χ0v) is 14.0. The normalized spacial score (nSPS) is 16.1. The maximum atomic E-state index is 12.0. The number of methoxy groups -OCH3 is 1. The molecule has 1 N–H and O–H groups in total. The van der Waals surface area contributed by atoms with Gasteiger partial charge in [0.2, 0.25) is 5.91 Å². The number of nitrogens with one attached hydrogen (secondary N) is 1. The van der Waals surface area contributed by atoms with Crippen LogP contribution in [0.3, 0.4) is 0 Å². The van der Waals surface area contributed by atoms with Crippen LogP contribution in [0.1, 0.15) is 42.1 Å². The summed E-state index contributed by atoms with van der Waals surface area (Å²) >= 11 is 0. The Morgan fingerprint density at radius 2 is 1.87 bits per heavy atom. The number of ether oxygens (including phenoxy) is 1. The largest absolute Gasteiger partial charge is 0.465 e. The molecule has 1 aliphatic rings. The summed E-state index contributed by atoms with van der Waals surface area (Å²) in [6, 6.07) is 7.52. The van der Waals surface area contributed by atoms with Crippen LogP contribution in [-0.4, -0.2) is 43.5 Å². The molecule has 1 fully saturated rings. The van der Waals surface area contributed by atoms with Crippen LogP contribution >= 0.6 is 0 Å². The van der Waals surface area contributed by atoms with Crippen molar-refractivity contribution in [2.24, 2.45) is 5.92 Å². The lowest BCUT2D eigenvalue weighted by molar-refractivity contribution is -0.126. The molecule has 1 heterocycles. The minimum atomic E-state index is -0.310. The zero-order chi connectivity index (χ0) is 16.7. The molecular formula is C18H26N2O3. The van der Waals surface area contributed by atoms with Gasteiger partial charge >= 0.3 is 5.97 Å². The second kappa shape index (κ2) is 8.67. The first-order valence-electron chi connectivity index (χ1n) is 8.31. The first-order chi connectivity index (χ1) is 11.1. The van der Waals surface area contributed by atoms with E-state index in [1.165, 1.54) is 12.7 Å². The maximum absolute atomic E-state index is 12.0. The lowest BCUT2D eigenvalue weighted by Crippen LogP contribution is -2.40. The third-order valence-corrected chi connectivity index (χ3v) is 4.29. The number of rotatable bonds is 6. The third-order valence-electron chi connectivity index (χ3n) is 4.29. The molecule has 5 nitrogen and oxygen atoms in total. The highest BCUT2D eigenvalue weighted by Crippen LogP contribution is 2.19. The van der Waals surface area contributed by atoms with Crippen molar-refractivity contribution in [2.75, 3.05) is 26.7 Å². The summed E-state index contributed by atoms with van der Waals surface area (Å²) in [5.41, 5.74) is 1.74. The number of benzene rings is 1. The van der Waals surface area contributed by atoms with Crippen molar-refractivity contribution in [3.63, 3.8) is 0 Å². The van der Waals surface area contributed by atoms with Gasteiger partial charge in [-0.25, -0.2) is 4.79 Å². The molecule has 0 aliphatic carbocycles. The van der Waals surface area contributed by atoms with Gasteiger partial charge in [-0.15, -0.1) is 0 Å². The van der Waals surface area contributed by atoms with Crippen LogP contribution in [-0.2, 0) is 16.1 Å². The van der Waals surface area contributed by atoms with Crippen molar-refractivity contribution < 1.29 is 14.3 Å². The molecule has 0 radical (unpaired) electrons. The Labute approximate surface area is 138 Å². The summed E-state index contributed by atoms with van der Waals surface area (Å²) in [6.07, 6.45) is 2.80. The van der Waals surface area contributed by atoms with Gasteiger partial charge in [-0.1, -0.05) is 19.1 Å². The predicted molar refractivity (Wildman–Crippen MR) is 89.1 cm³/mol. The van der Waals surface area contributed by atoms with Crippen LogP contribution < -0.4 is 5.32 Å². The first kappa shape index (κ1) is 17.5. The van der Waals surface area contributed by atoms with Crippen LogP contribution in [0, 0.1) is 5.92 Å². The Morgan fingerprint density at radius 3 is 2.43 bits per heavy atom. The number of hydrogen-bond donors (Lipinski definition) is 1. The van der Waals surface area contributed by atoms with Gasteiger partial charge in [0.15, 0.2) is 0 Å². The van der Waals surface area contributed by atoms with Crippen molar-refractivity contribution in [1.29, 1.82) is 0 Å². The number of esters is 1. The van der Waals surface area contributed by atoms with Crippen molar-refractivity contribution in [2.45, 2.75) is 32.7 Å². The molecular weight excluding hydrogens is 292 g/mol. The molecule has 1 aromatic rings. The molecule has 23 heavy (non-hydrogen) atoms. The Morgan fingerprint density at radius 1 is 1.22 bits per heavy atom. The third kappa shape index (κ3) is 5.06. The van der Waals surface area contributed by atoms with Crippen molar-refractivity contribution in [3.05, 3.63) is 35.4 Å². The second-order valence-corrected chi connectivity index (χ2v) is 6.03. The highest BCUT2D eigenvalue weighted by atomic mass is 16.5. The summed E-state index contributed by atoms with van der Waals surface area (Å²) in [7, 11) is 1.39. The minimum absolute atomic E-state index is 0.152. The number of piperidine rings is 1. The minimum Gasteiger partial charge on any atom is -0.465 e. The van der Waals surface area contributed by atoms with E-state index in [-0.39, 0.29) is 17.8 Å². The van der Waals surface area contributed by atoms with Gasteiger partial charge in [-0.05, 0) is 50.0 Å². The number of likely N-dealkylation sites (tertiary alicyclic amines) is 1. The smallest absolute Gasteiger partial charge is 0.337 e. The van der Waals surface area contributed by atoms with Crippen LogP contribution in [0.5, 0.6) is 0 Å². The number of nitrogens with zero attached hydrogens (tertiary/aromatic N) is 1. The molecule has 0 spiro atoms. The fourth-order valence-corrected chi connectivity index (χ4v) is 2.87. The first-order valence-corrected chi connectivity index (χ1v) is 8.31. The molecule has 1 aliphatic heterocycles. The molecule has 126 valence electrons. The van der Waals surface area contributed by atoms with Crippen LogP contribution in [0.15, 0.2) is 24.3 Å². The molecule has 0 bridgehead atoms. The van der Waals surface area contributed by atoms with E-state index in [2.05, 4.69) is 17.1 Å². The summed E-state index contributed by atoms with van der Waals surface area (Å²) in [6.45, 7) is 5.55. The van der Waals surface area contributed by atoms with Crippen molar-refractivity contribution in [1.82, 2.24) is 10.2 Å². The molecule has 0 atom stereocenters. The van der Waals surface area contributed by atoms with E-state index in [4.69, 9.17) is 4.74 Å².